The number of amides is 1. The molecule has 1 amide bonds. The number of thioether (sulfide) groups is 1. The third kappa shape index (κ3) is 4.61. The number of ether oxygens (including phenoxy) is 2. The zero-order valence-corrected chi connectivity index (χ0v) is 13.2. The number of benzene rings is 1. The normalized spacial score (nSPS) is 24.8. The van der Waals surface area contributed by atoms with E-state index >= 15 is 0 Å². The van der Waals surface area contributed by atoms with Crippen molar-refractivity contribution in [3.8, 4) is 5.75 Å². The summed E-state index contributed by atoms with van der Waals surface area (Å²) in [7, 11) is 1.60. The van der Waals surface area contributed by atoms with Crippen molar-refractivity contribution in [3.63, 3.8) is 0 Å². The molecule has 2 rings (SSSR count). The maximum Gasteiger partial charge on any atom is 0.230 e. The topological polar surface area (TPSA) is 88.0 Å². The van der Waals surface area contributed by atoms with Gasteiger partial charge < -0.3 is 25.0 Å². The summed E-state index contributed by atoms with van der Waals surface area (Å²) in [5, 5.41) is 21.9. The van der Waals surface area contributed by atoms with Crippen molar-refractivity contribution >= 4 is 17.7 Å². The lowest BCUT2D eigenvalue weighted by Gasteiger charge is -2.34. The zero-order chi connectivity index (χ0) is 15.9. The van der Waals surface area contributed by atoms with Crippen LogP contribution in [0, 0.1) is 0 Å². The monoisotopic (exact) mass is 327 g/mol. The van der Waals surface area contributed by atoms with E-state index in [0.29, 0.717) is 13.0 Å². The summed E-state index contributed by atoms with van der Waals surface area (Å²) in [4.78, 5) is 12.9. The van der Waals surface area contributed by atoms with Crippen molar-refractivity contribution < 1.29 is 24.5 Å². The molecular formula is C15H21NO5S. The fraction of sp³-hybridized carbons (Fsp3) is 0.533. The van der Waals surface area contributed by atoms with Gasteiger partial charge in [0.25, 0.3) is 0 Å². The minimum absolute atomic E-state index is 0.157. The van der Waals surface area contributed by atoms with Gasteiger partial charge in [-0.25, -0.2) is 0 Å². The van der Waals surface area contributed by atoms with Crippen molar-refractivity contribution in [3.05, 3.63) is 24.3 Å². The van der Waals surface area contributed by atoms with E-state index in [4.69, 9.17) is 14.6 Å². The number of hydrogen-bond donors (Lipinski definition) is 3. The molecule has 0 aliphatic carbocycles. The molecule has 1 aliphatic heterocycles. The minimum atomic E-state index is -0.885. The maximum atomic E-state index is 12.0. The molecule has 6 nitrogen and oxygen atoms in total. The number of aliphatic hydroxyl groups is 2. The molecule has 0 bridgehead atoms. The largest absolute Gasteiger partial charge is 0.497 e. The van der Waals surface area contributed by atoms with Crippen LogP contribution in [0.15, 0.2) is 29.2 Å². The molecule has 0 spiro atoms. The van der Waals surface area contributed by atoms with Gasteiger partial charge in [0, 0.05) is 11.5 Å². The number of rotatable bonds is 6. The number of carbonyl (C=O) groups is 1. The second-order valence-electron chi connectivity index (χ2n) is 5.01. The lowest BCUT2D eigenvalue weighted by Crippen LogP contribution is -2.54. The van der Waals surface area contributed by atoms with Gasteiger partial charge in [-0.3, -0.25) is 4.79 Å². The molecule has 0 saturated carbocycles. The van der Waals surface area contributed by atoms with Crippen LogP contribution in [0.25, 0.3) is 0 Å². The van der Waals surface area contributed by atoms with Crippen molar-refractivity contribution in [1.29, 1.82) is 0 Å². The molecule has 0 unspecified atom stereocenters. The summed E-state index contributed by atoms with van der Waals surface area (Å²) < 4.78 is 10.4. The number of nitrogens with one attached hydrogen (secondary N) is 1. The molecule has 1 aromatic rings. The Morgan fingerprint density at radius 1 is 1.55 bits per heavy atom. The van der Waals surface area contributed by atoms with E-state index in [-0.39, 0.29) is 24.3 Å². The lowest BCUT2D eigenvalue weighted by atomic mass is 10.00. The molecule has 1 aliphatic rings. The highest BCUT2D eigenvalue weighted by atomic mass is 32.2. The Labute approximate surface area is 133 Å². The Morgan fingerprint density at radius 3 is 3.09 bits per heavy atom. The van der Waals surface area contributed by atoms with Crippen molar-refractivity contribution in [1.82, 2.24) is 5.32 Å². The summed E-state index contributed by atoms with van der Waals surface area (Å²) in [5.41, 5.74) is 0. The highest BCUT2D eigenvalue weighted by Crippen LogP contribution is 2.23. The molecule has 7 heteroatoms. The fourth-order valence-corrected chi connectivity index (χ4v) is 3.04. The quantitative estimate of drug-likeness (QED) is 0.656. The van der Waals surface area contributed by atoms with Crippen LogP contribution in [-0.4, -0.2) is 60.4 Å². The van der Waals surface area contributed by atoms with Crippen LogP contribution in [0.1, 0.15) is 6.42 Å². The van der Waals surface area contributed by atoms with E-state index in [1.54, 1.807) is 7.11 Å². The fourth-order valence-electron chi connectivity index (χ4n) is 2.28. The van der Waals surface area contributed by atoms with Gasteiger partial charge >= 0.3 is 0 Å². The van der Waals surface area contributed by atoms with E-state index in [0.717, 1.165) is 10.6 Å². The lowest BCUT2D eigenvalue weighted by molar-refractivity contribution is -0.129. The first-order valence-corrected chi connectivity index (χ1v) is 8.09. The van der Waals surface area contributed by atoms with Gasteiger partial charge in [-0.1, -0.05) is 6.07 Å². The van der Waals surface area contributed by atoms with Crippen LogP contribution in [0.4, 0.5) is 0 Å². The van der Waals surface area contributed by atoms with Gasteiger partial charge in [-0.15, -0.1) is 11.8 Å². The Bertz CT molecular complexity index is 499. The highest BCUT2D eigenvalue weighted by Gasteiger charge is 2.33. The number of methoxy groups -OCH3 is 1. The standard InChI is InChI=1S/C15H21NO5S/c1-20-10-3-2-4-11(7-10)22-9-14(18)16-12-5-6-21-13(8-17)15(12)19/h2-4,7,12-13,15,17,19H,5-6,8-9H2,1H3,(H,16,18)/t12-,13+,15-/m0/s1. The van der Waals surface area contributed by atoms with Crippen molar-refractivity contribution in [2.45, 2.75) is 29.6 Å². The Balaban J connectivity index is 1.82. The van der Waals surface area contributed by atoms with Crippen LogP contribution in [0.2, 0.25) is 0 Å². The molecule has 1 fully saturated rings. The summed E-state index contributed by atoms with van der Waals surface area (Å²) in [6, 6.07) is 7.10. The van der Waals surface area contributed by atoms with E-state index in [1.807, 2.05) is 24.3 Å². The van der Waals surface area contributed by atoms with Crippen LogP contribution >= 0.6 is 11.8 Å². The Kier molecular flexibility index (Phi) is 6.50. The Morgan fingerprint density at radius 2 is 2.36 bits per heavy atom. The van der Waals surface area contributed by atoms with Gasteiger partial charge in [0.2, 0.25) is 5.91 Å². The molecular weight excluding hydrogens is 306 g/mol. The van der Waals surface area contributed by atoms with Gasteiger partial charge in [-0.2, -0.15) is 0 Å². The van der Waals surface area contributed by atoms with Crippen LogP contribution in [-0.2, 0) is 9.53 Å². The smallest absolute Gasteiger partial charge is 0.230 e. The van der Waals surface area contributed by atoms with Crippen LogP contribution in [0.3, 0.4) is 0 Å². The van der Waals surface area contributed by atoms with E-state index < -0.39 is 12.2 Å². The summed E-state index contributed by atoms with van der Waals surface area (Å²) in [6.07, 6.45) is -0.984. The molecule has 1 heterocycles. The Hall–Kier alpha value is -1.28. The highest BCUT2D eigenvalue weighted by molar-refractivity contribution is 8.00. The third-order valence-electron chi connectivity index (χ3n) is 3.49. The summed E-state index contributed by atoms with van der Waals surface area (Å²) in [6.45, 7) is 0.155. The van der Waals surface area contributed by atoms with E-state index in [9.17, 15) is 9.90 Å². The van der Waals surface area contributed by atoms with Crippen molar-refractivity contribution in [2.75, 3.05) is 26.1 Å². The molecule has 3 N–H and O–H groups in total. The molecule has 3 atom stereocenters. The molecule has 1 saturated heterocycles. The maximum absolute atomic E-state index is 12.0. The van der Waals surface area contributed by atoms with Gasteiger partial charge in [-0.05, 0) is 24.6 Å². The number of hydrogen-bond acceptors (Lipinski definition) is 6. The average Bonchev–Trinajstić information content (AvgIpc) is 2.55. The van der Waals surface area contributed by atoms with Gasteiger partial charge in [0.1, 0.15) is 18.0 Å². The first-order chi connectivity index (χ1) is 10.6. The first-order valence-electron chi connectivity index (χ1n) is 7.10. The zero-order valence-electron chi connectivity index (χ0n) is 12.4. The van der Waals surface area contributed by atoms with Crippen LogP contribution < -0.4 is 10.1 Å². The average molecular weight is 327 g/mol. The predicted octanol–water partition coefficient (Wildman–Crippen LogP) is 0.414. The van der Waals surface area contributed by atoms with Gasteiger partial charge in [0.05, 0.1) is 25.5 Å². The second-order valence-corrected chi connectivity index (χ2v) is 6.06. The molecule has 122 valence electrons. The van der Waals surface area contributed by atoms with E-state index in [2.05, 4.69) is 5.32 Å². The molecule has 0 aromatic heterocycles. The molecule has 1 aromatic carbocycles. The number of carbonyl (C=O) groups excluding carboxylic acids is 1. The summed E-state index contributed by atoms with van der Waals surface area (Å²) >= 11 is 1.40. The molecule has 22 heavy (non-hydrogen) atoms. The summed E-state index contributed by atoms with van der Waals surface area (Å²) in [5.74, 6) is 0.840. The second kappa shape index (κ2) is 8.38. The first kappa shape index (κ1) is 17.1. The van der Waals surface area contributed by atoms with Crippen LogP contribution in [0.5, 0.6) is 5.75 Å². The predicted molar refractivity (Wildman–Crippen MR) is 83.1 cm³/mol. The minimum Gasteiger partial charge on any atom is -0.497 e. The molecule has 0 radical (unpaired) electrons. The number of aliphatic hydroxyl groups excluding tert-OH is 2. The van der Waals surface area contributed by atoms with Crippen molar-refractivity contribution in [2.24, 2.45) is 0 Å². The third-order valence-corrected chi connectivity index (χ3v) is 4.49. The van der Waals surface area contributed by atoms with Gasteiger partial charge in [0.15, 0.2) is 0 Å². The van der Waals surface area contributed by atoms with E-state index in [1.165, 1.54) is 11.8 Å². The SMILES string of the molecule is COc1cccc(SCC(=O)N[C@H]2CCO[C@H](CO)[C@H]2O)c1.